The van der Waals surface area contributed by atoms with E-state index in [1.807, 2.05) is 13.8 Å². The highest BCUT2D eigenvalue weighted by Crippen LogP contribution is 2.18. The van der Waals surface area contributed by atoms with Crippen molar-refractivity contribution in [1.82, 2.24) is 10.6 Å². The maximum absolute atomic E-state index is 12.1. The molecule has 136 valence electrons. The van der Waals surface area contributed by atoms with Crippen LogP contribution in [-0.4, -0.2) is 45.0 Å². The third kappa shape index (κ3) is 8.05. The number of methoxy groups -OCH3 is 1. The van der Waals surface area contributed by atoms with Crippen LogP contribution in [0.5, 0.6) is 5.75 Å². The molecule has 1 aromatic rings. The second-order valence-electron chi connectivity index (χ2n) is 5.79. The molecule has 0 aliphatic rings. The summed E-state index contributed by atoms with van der Waals surface area (Å²) in [4.78, 5) is 4.10. The van der Waals surface area contributed by atoms with Crippen molar-refractivity contribution in [2.45, 2.75) is 32.2 Å². The highest BCUT2D eigenvalue weighted by Gasteiger charge is 2.28. The van der Waals surface area contributed by atoms with E-state index >= 15 is 0 Å². The van der Waals surface area contributed by atoms with Crippen molar-refractivity contribution in [3.63, 3.8) is 0 Å². The summed E-state index contributed by atoms with van der Waals surface area (Å²) in [6, 6.07) is 6.41. The summed E-state index contributed by atoms with van der Waals surface area (Å²) in [5.41, 5.74) is 0.568. The number of benzene rings is 1. The zero-order valence-electron chi connectivity index (χ0n) is 14.3. The van der Waals surface area contributed by atoms with Crippen LogP contribution in [0.4, 0.5) is 13.2 Å². The Balaban J connectivity index is 2.46. The average Bonchev–Trinajstić information content (AvgIpc) is 2.53. The molecule has 0 heterocycles. The van der Waals surface area contributed by atoms with E-state index in [4.69, 9.17) is 4.74 Å². The number of hydrogen-bond acceptors (Lipinski definition) is 3. The summed E-state index contributed by atoms with van der Waals surface area (Å²) >= 11 is 0. The first-order chi connectivity index (χ1) is 11.1. The van der Waals surface area contributed by atoms with Gasteiger partial charge in [0.25, 0.3) is 0 Å². The predicted molar refractivity (Wildman–Crippen MR) is 87.3 cm³/mol. The molecule has 0 amide bonds. The Morgan fingerprint density at radius 2 is 1.75 bits per heavy atom. The smallest absolute Gasteiger partial charge is 0.422 e. The number of rotatable bonds is 7. The maximum Gasteiger partial charge on any atom is 0.422 e. The van der Waals surface area contributed by atoms with E-state index in [1.165, 1.54) is 12.1 Å². The van der Waals surface area contributed by atoms with Crippen molar-refractivity contribution in [3.05, 3.63) is 29.8 Å². The average molecular weight is 347 g/mol. The molecule has 0 radical (unpaired) electrons. The van der Waals surface area contributed by atoms with Gasteiger partial charge in [0, 0.05) is 27.2 Å². The van der Waals surface area contributed by atoms with Gasteiger partial charge in [0.2, 0.25) is 0 Å². The van der Waals surface area contributed by atoms with Gasteiger partial charge in [-0.1, -0.05) is 12.1 Å². The number of nitrogens with zero attached hydrogens (tertiary/aromatic N) is 1. The molecular formula is C16H24F3N3O2. The van der Waals surface area contributed by atoms with Crippen LogP contribution < -0.4 is 15.4 Å². The lowest BCUT2D eigenvalue weighted by Crippen LogP contribution is -2.45. The molecule has 0 aliphatic carbocycles. The van der Waals surface area contributed by atoms with Gasteiger partial charge in [-0.25, -0.2) is 0 Å². The van der Waals surface area contributed by atoms with E-state index in [1.54, 1.807) is 26.3 Å². The van der Waals surface area contributed by atoms with Crippen molar-refractivity contribution < 1.29 is 22.6 Å². The zero-order valence-corrected chi connectivity index (χ0v) is 14.3. The van der Waals surface area contributed by atoms with Crippen molar-refractivity contribution in [1.29, 1.82) is 0 Å². The Labute approximate surface area is 140 Å². The molecule has 0 spiro atoms. The molecule has 0 unspecified atom stereocenters. The standard InChI is InChI=1S/C16H24F3N3O2/c1-15(2,23-4)10-22-14(20-3)21-9-12-5-7-13(8-6-12)24-11-16(17,18)19/h5-8H,9-11H2,1-4H3,(H2,20,21,22). The molecule has 0 saturated carbocycles. The molecule has 0 saturated heterocycles. The van der Waals surface area contributed by atoms with E-state index in [0.29, 0.717) is 19.0 Å². The van der Waals surface area contributed by atoms with Gasteiger partial charge in [-0.15, -0.1) is 0 Å². The number of alkyl halides is 3. The Bertz CT molecular complexity index is 528. The van der Waals surface area contributed by atoms with Gasteiger partial charge in [0.05, 0.1) is 5.60 Å². The van der Waals surface area contributed by atoms with Gasteiger partial charge >= 0.3 is 6.18 Å². The van der Waals surface area contributed by atoms with Gasteiger partial charge in [-0.2, -0.15) is 13.2 Å². The van der Waals surface area contributed by atoms with Crippen LogP contribution in [0, 0.1) is 0 Å². The van der Waals surface area contributed by atoms with Gasteiger partial charge in [-0.05, 0) is 31.5 Å². The molecular weight excluding hydrogens is 323 g/mol. The summed E-state index contributed by atoms with van der Waals surface area (Å²) in [7, 11) is 3.30. The minimum atomic E-state index is -4.34. The number of halogens is 3. The van der Waals surface area contributed by atoms with Crippen LogP contribution in [0.2, 0.25) is 0 Å². The molecule has 1 rings (SSSR count). The van der Waals surface area contributed by atoms with Crippen LogP contribution in [0.25, 0.3) is 0 Å². The lowest BCUT2D eigenvalue weighted by Gasteiger charge is -2.24. The van der Waals surface area contributed by atoms with Crippen LogP contribution >= 0.6 is 0 Å². The first kappa shape index (κ1) is 20.1. The fourth-order valence-electron chi connectivity index (χ4n) is 1.64. The van der Waals surface area contributed by atoms with Gasteiger partial charge in [-0.3, -0.25) is 4.99 Å². The molecule has 5 nitrogen and oxygen atoms in total. The van der Waals surface area contributed by atoms with E-state index in [9.17, 15) is 13.2 Å². The van der Waals surface area contributed by atoms with Crippen molar-refractivity contribution in [2.75, 3.05) is 27.3 Å². The quantitative estimate of drug-likeness (QED) is 0.588. The van der Waals surface area contributed by atoms with E-state index < -0.39 is 12.8 Å². The Kier molecular flexibility index (Phi) is 7.34. The monoisotopic (exact) mass is 347 g/mol. The number of ether oxygens (including phenoxy) is 2. The fraction of sp³-hybridized carbons (Fsp3) is 0.562. The van der Waals surface area contributed by atoms with Crippen LogP contribution in [0.1, 0.15) is 19.4 Å². The molecule has 2 N–H and O–H groups in total. The number of guanidine groups is 1. The minimum Gasteiger partial charge on any atom is -0.484 e. The molecule has 0 aromatic heterocycles. The third-order valence-corrected chi connectivity index (χ3v) is 3.24. The first-order valence-corrected chi connectivity index (χ1v) is 7.43. The number of hydrogen-bond donors (Lipinski definition) is 2. The number of aliphatic imine (C=N–C) groups is 1. The Hall–Kier alpha value is -1.96. The second-order valence-corrected chi connectivity index (χ2v) is 5.79. The lowest BCUT2D eigenvalue weighted by molar-refractivity contribution is -0.153. The minimum absolute atomic E-state index is 0.181. The molecule has 24 heavy (non-hydrogen) atoms. The second kappa shape index (κ2) is 8.77. The SMILES string of the molecule is CN=C(NCc1ccc(OCC(F)(F)F)cc1)NCC(C)(C)OC. The van der Waals surface area contributed by atoms with Gasteiger partial charge in [0.1, 0.15) is 5.75 Å². The zero-order chi connectivity index (χ0) is 18.2. The molecule has 0 atom stereocenters. The predicted octanol–water partition coefficient (Wildman–Crippen LogP) is 2.72. The van der Waals surface area contributed by atoms with E-state index in [-0.39, 0.29) is 11.4 Å². The topological polar surface area (TPSA) is 54.9 Å². The van der Waals surface area contributed by atoms with Crippen molar-refractivity contribution in [3.8, 4) is 5.75 Å². The lowest BCUT2D eigenvalue weighted by atomic mass is 10.1. The molecule has 0 aliphatic heterocycles. The number of nitrogens with one attached hydrogen (secondary N) is 2. The summed E-state index contributed by atoms with van der Waals surface area (Å²) in [6.45, 7) is 3.66. The molecule has 0 fully saturated rings. The Morgan fingerprint density at radius 1 is 1.12 bits per heavy atom. The fourth-order valence-corrected chi connectivity index (χ4v) is 1.64. The van der Waals surface area contributed by atoms with E-state index in [2.05, 4.69) is 20.4 Å². The third-order valence-electron chi connectivity index (χ3n) is 3.24. The molecule has 0 bridgehead atoms. The Morgan fingerprint density at radius 3 is 2.25 bits per heavy atom. The molecule has 1 aromatic carbocycles. The summed E-state index contributed by atoms with van der Waals surface area (Å²) in [5, 5.41) is 6.26. The summed E-state index contributed by atoms with van der Waals surface area (Å²) in [5.74, 6) is 0.790. The van der Waals surface area contributed by atoms with Gasteiger partial charge < -0.3 is 20.1 Å². The highest BCUT2D eigenvalue weighted by molar-refractivity contribution is 5.79. The van der Waals surface area contributed by atoms with E-state index in [0.717, 1.165) is 5.56 Å². The highest BCUT2D eigenvalue weighted by atomic mass is 19.4. The summed E-state index contributed by atoms with van der Waals surface area (Å²) in [6.07, 6.45) is -4.34. The normalized spacial score (nSPS) is 12.9. The van der Waals surface area contributed by atoms with Crippen LogP contribution in [0.15, 0.2) is 29.3 Å². The van der Waals surface area contributed by atoms with Crippen LogP contribution in [-0.2, 0) is 11.3 Å². The maximum atomic E-state index is 12.1. The van der Waals surface area contributed by atoms with Crippen LogP contribution in [0.3, 0.4) is 0 Å². The largest absolute Gasteiger partial charge is 0.484 e. The molecule has 8 heteroatoms. The van der Waals surface area contributed by atoms with Crippen molar-refractivity contribution >= 4 is 5.96 Å². The summed E-state index contributed by atoms with van der Waals surface area (Å²) < 4.78 is 46.2. The van der Waals surface area contributed by atoms with Crippen molar-refractivity contribution in [2.24, 2.45) is 4.99 Å². The first-order valence-electron chi connectivity index (χ1n) is 7.43. The van der Waals surface area contributed by atoms with Gasteiger partial charge in [0.15, 0.2) is 12.6 Å².